The maximum atomic E-state index is 11.8. The van der Waals surface area contributed by atoms with E-state index in [2.05, 4.69) is 19.2 Å². The molecule has 1 unspecified atom stereocenters. The van der Waals surface area contributed by atoms with Crippen molar-refractivity contribution in [3.8, 4) is 0 Å². The van der Waals surface area contributed by atoms with Crippen molar-refractivity contribution in [1.29, 1.82) is 0 Å². The van der Waals surface area contributed by atoms with E-state index in [4.69, 9.17) is 0 Å². The smallest absolute Gasteiger partial charge is 0.239 e. The zero-order valence-corrected chi connectivity index (χ0v) is 9.38. The standard InChI is InChI=1S/C11H22N2O/c1-3-5-8-13-9-6-10(11(13)14)12-7-4-2/h10,12H,3-9H2,1-2H3. The van der Waals surface area contributed by atoms with Gasteiger partial charge in [0.15, 0.2) is 0 Å². The quantitative estimate of drug-likeness (QED) is 0.699. The van der Waals surface area contributed by atoms with Crippen LogP contribution >= 0.6 is 0 Å². The lowest BCUT2D eigenvalue weighted by Gasteiger charge is -2.16. The second kappa shape index (κ2) is 6.02. The molecule has 1 aliphatic heterocycles. The first kappa shape index (κ1) is 11.5. The molecule has 3 heteroatoms. The minimum atomic E-state index is 0.104. The van der Waals surface area contributed by atoms with Crippen LogP contribution in [0.25, 0.3) is 0 Å². The van der Waals surface area contributed by atoms with Crippen molar-refractivity contribution >= 4 is 5.91 Å². The van der Waals surface area contributed by atoms with Gasteiger partial charge < -0.3 is 10.2 Å². The number of amides is 1. The lowest BCUT2D eigenvalue weighted by molar-refractivity contribution is -0.129. The third kappa shape index (κ3) is 2.98. The van der Waals surface area contributed by atoms with E-state index in [9.17, 15) is 4.79 Å². The van der Waals surface area contributed by atoms with Crippen molar-refractivity contribution in [3.05, 3.63) is 0 Å². The molecular weight excluding hydrogens is 176 g/mol. The number of carbonyl (C=O) groups excluding carboxylic acids is 1. The topological polar surface area (TPSA) is 32.3 Å². The molecule has 1 N–H and O–H groups in total. The molecule has 1 atom stereocenters. The van der Waals surface area contributed by atoms with Gasteiger partial charge in [0, 0.05) is 13.1 Å². The van der Waals surface area contributed by atoms with Gasteiger partial charge in [-0.25, -0.2) is 0 Å². The largest absolute Gasteiger partial charge is 0.341 e. The summed E-state index contributed by atoms with van der Waals surface area (Å²) in [5.74, 6) is 0.312. The van der Waals surface area contributed by atoms with Gasteiger partial charge in [0.2, 0.25) is 5.91 Å². The number of nitrogens with one attached hydrogen (secondary N) is 1. The van der Waals surface area contributed by atoms with Crippen LogP contribution in [-0.2, 0) is 4.79 Å². The first-order valence-corrected chi connectivity index (χ1v) is 5.81. The molecule has 1 saturated heterocycles. The molecule has 0 aromatic carbocycles. The molecule has 3 nitrogen and oxygen atoms in total. The second-order valence-electron chi connectivity index (χ2n) is 3.97. The Labute approximate surface area is 86.9 Å². The summed E-state index contributed by atoms with van der Waals surface area (Å²) < 4.78 is 0. The van der Waals surface area contributed by atoms with Crippen LogP contribution in [0.15, 0.2) is 0 Å². The van der Waals surface area contributed by atoms with Crippen molar-refractivity contribution in [3.63, 3.8) is 0 Å². The minimum absolute atomic E-state index is 0.104. The highest BCUT2D eigenvalue weighted by molar-refractivity contribution is 5.83. The van der Waals surface area contributed by atoms with Gasteiger partial charge in [-0.15, -0.1) is 0 Å². The van der Waals surface area contributed by atoms with Crippen molar-refractivity contribution in [2.24, 2.45) is 0 Å². The van der Waals surface area contributed by atoms with E-state index in [-0.39, 0.29) is 6.04 Å². The first-order chi connectivity index (χ1) is 6.79. The monoisotopic (exact) mass is 198 g/mol. The molecular formula is C11H22N2O. The zero-order valence-electron chi connectivity index (χ0n) is 9.38. The molecule has 82 valence electrons. The fourth-order valence-electron chi connectivity index (χ4n) is 1.82. The molecule has 0 aromatic rings. The maximum absolute atomic E-state index is 11.8. The van der Waals surface area contributed by atoms with Crippen LogP contribution in [0.3, 0.4) is 0 Å². The number of hydrogen-bond acceptors (Lipinski definition) is 2. The Kier molecular flexibility index (Phi) is 4.94. The highest BCUT2D eigenvalue weighted by Gasteiger charge is 2.29. The van der Waals surface area contributed by atoms with E-state index < -0.39 is 0 Å². The van der Waals surface area contributed by atoms with E-state index in [0.717, 1.165) is 45.3 Å². The molecule has 0 aliphatic carbocycles. The Morgan fingerprint density at radius 3 is 2.86 bits per heavy atom. The van der Waals surface area contributed by atoms with Crippen molar-refractivity contribution in [1.82, 2.24) is 10.2 Å². The molecule has 1 aliphatic rings. The highest BCUT2D eigenvalue weighted by Crippen LogP contribution is 2.11. The summed E-state index contributed by atoms with van der Waals surface area (Å²) in [7, 11) is 0. The molecule has 1 amide bonds. The van der Waals surface area contributed by atoms with E-state index in [1.165, 1.54) is 0 Å². The number of unbranched alkanes of at least 4 members (excludes halogenated alkanes) is 1. The fraction of sp³-hybridized carbons (Fsp3) is 0.909. The molecule has 1 heterocycles. The Morgan fingerprint density at radius 1 is 1.43 bits per heavy atom. The van der Waals surface area contributed by atoms with Gasteiger partial charge in [-0.1, -0.05) is 20.3 Å². The summed E-state index contributed by atoms with van der Waals surface area (Å²) in [4.78, 5) is 13.8. The van der Waals surface area contributed by atoms with Crippen LogP contribution in [0.4, 0.5) is 0 Å². The van der Waals surface area contributed by atoms with E-state index in [1.54, 1.807) is 0 Å². The number of rotatable bonds is 6. The summed E-state index contributed by atoms with van der Waals surface area (Å²) in [6, 6.07) is 0.104. The van der Waals surface area contributed by atoms with Crippen LogP contribution < -0.4 is 5.32 Å². The molecule has 1 fully saturated rings. The van der Waals surface area contributed by atoms with Crippen molar-refractivity contribution in [2.45, 2.75) is 45.6 Å². The number of nitrogens with zero attached hydrogens (tertiary/aromatic N) is 1. The third-order valence-electron chi connectivity index (χ3n) is 2.72. The van der Waals surface area contributed by atoms with Gasteiger partial charge in [-0.2, -0.15) is 0 Å². The Bertz CT molecular complexity index is 164. The number of hydrogen-bond donors (Lipinski definition) is 1. The second-order valence-corrected chi connectivity index (χ2v) is 3.97. The highest BCUT2D eigenvalue weighted by atomic mass is 16.2. The Hall–Kier alpha value is -0.570. The Balaban J connectivity index is 2.28. The van der Waals surface area contributed by atoms with Crippen LogP contribution in [0, 0.1) is 0 Å². The van der Waals surface area contributed by atoms with Gasteiger partial charge in [0.25, 0.3) is 0 Å². The van der Waals surface area contributed by atoms with E-state index >= 15 is 0 Å². The third-order valence-corrected chi connectivity index (χ3v) is 2.72. The van der Waals surface area contributed by atoms with Crippen molar-refractivity contribution < 1.29 is 4.79 Å². The lowest BCUT2D eigenvalue weighted by Crippen LogP contribution is -2.38. The average molecular weight is 198 g/mol. The molecule has 0 spiro atoms. The number of carbonyl (C=O) groups is 1. The molecule has 14 heavy (non-hydrogen) atoms. The van der Waals surface area contributed by atoms with Crippen LogP contribution in [0.5, 0.6) is 0 Å². The first-order valence-electron chi connectivity index (χ1n) is 5.81. The lowest BCUT2D eigenvalue weighted by atomic mass is 10.2. The minimum Gasteiger partial charge on any atom is -0.341 e. The molecule has 0 aromatic heterocycles. The van der Waals surface area contributed by atoms with E-state index in [1.807, 2.05) is 4.90 Å². The van der Waals surface area contributed by atoms with Gasteiger partial charge in [0.1, 0.15) is 0 Å². The summed E-state index contributed by atoms with van der Waals surface area (Å²) in [5, 5.41) is 3.30. The summed E-state index contributed by atoms with van der Waals surface area (Å²) in [5.41, 5.74) is 0. The van der Waals surface area contributed by atoms with Crippen LogP contribution in [0.2, 0.25) is 0 Å². The van der Waals surface area contributed by atoms with Crippen LogP contribution in [0.1, 0.15) is 39.5 Å². The zero-order chi connectivity index (χ0) is 10.4. The summed E-state index contributed by atoms with van der Waals surface area (Å²) in [6.07, 6.45) is 4.38. The molecule has 0 radical (unpaired) electrons. The summed E-state index contributed by atoms with van der Waals surface area (Å²) in [6.45, 7) is 7.13. The van der Waals surface area contributed by atoms with Crippen LogP contribution in [-0.4, -0.2) is 36.5 Å². The van der Waals surface area contributed by atoms with Gasteiger partial charge in [-0.05, 0) is 25.8 Å². The average Bonchev–Trinajstić information content (AvgIpc) is 2.54. The van der Waals surface area contributed by atoms with Gasteiger partial charge in [0.05, 0.1) is 6.04 Å². The van der Waals surface area contributed by atoms with Crippen molar-refractivity contribution in [2.75, 3.05) is 19.6 Å². The Morgan fingerprint density at radius 2 is 2.21 bits per heavy atom. The van der Waals surface area contributed by atoms with E-state index in [0.29, 0.717) is 5.91 Å². The van der Waals surface area contributed by atoms with Gasteiger partial charge in [-0.3, -0.25) is 4.79 Å². The van der Waals surface area contributed by atoms with Gasteiger partial charge >= 0.3 is 0 Å². The predicted molar refractivity (Wildman–Crippen MR) is 58.2 cm³/mol. The maximum Gasteiger partial charge on any atom is 0.239 e. The summed E-state index contributed by atoms with van der Waals surface area (Å²) >= 11 is 0. The molecule has 0 saturated carbocycles. The normalized spacial score (nSPS) is 22.0. The molecule has 1 rings (SSSR count). The fourth-order valence-corrected chi connectivity index (χ4v) is 1.82. The predicted octanol–water partition coefficient (Wildman–Crippen LogP) is 1.39. The molecule has 0 bridgehead atoms. The number of likely N-dealkylation sites (tertiary alicyclic amines) is 1. The SMILES string of the molecule is CCCCN1CCC(NCCC)C1=O.